The Labute approximate surface area is 294 Å². The van der Waals surface area contributed by atoms with Crippen molar-refractivity contribution in [2.45, 2.75) is 50.6 Å². The number of rotatable bonds is 10. The van der Waals surface area contributed by atoms with Crippen LogP contribution in [0.5, 0.6) is 0 Å². The number of hydrogen-bond acceptors (Lipinski definition) is 8. The number of nitrogens with one attached hydrogen (secondary N) is 2. The minimum absolute atomic E-state index is 0.108. The molecule has 2 aliphatic rings. The molecular formula is C37H39N9O5. The lowest BCUT2D eigenvalue weighted by Gasteiger charge is -2.23. The number of anilines is 2. The van der Waals surface area contributed by atoms with Crippen molar-refractivity contribution in [2.75, 3.05) is 23.7 Å². The van der Waals surface area contributed by atoms with E-state index in [1.165, 1.54) is 0 Å². The van der Waals surface area contributed by atoms with Gasteiger partial charge in [0.05, 0.1) is 43.1 Å². The SMILES string of the molecule is Cn1cnc(CC(=O)N2CCC[C@H]2C(=O)Nc2ccc(-c3cnc(-c4ccc(NC(=O)[C@@H]5CCCN5C(=O)Cc5cn(C)cn5)cc4)o3)cc2)c1. The monoisotopic (exact) mass is 689 g/mol. The zero-order chi connectivity index (χ0) is 35.5. The third-order valence-corrected chi connectivity index (χ3v) is 9.28. The maximum Gasteiger partial charge on any atom is 0.247 e. The van der Waals surface area contributed by atoms with E-state index < -0.39 is 12.1 Å². The fourth-order valence-electron chi connectivity index (χ4n) is 6.71. The largest absolute Gasteiger partial charge is 0.436 e. The van der Waals surface area contributed by atoms with Crippen LogP contribution >= 0.6 is 0 Å². The number of carbonyl (C=O) groups is 4. The quantitative estimate of drug-likeness (QED) is 0.224. The number of aryl methyl sites for hydroxylation is 2. The number of nitrogens with zero attached hydrogens (tertiary/aromatic N) is 7. The third kappa shape index (κ3) is 7.59. The average molecular weight is 690 g/mol. The molecule has 2 aromatic carbocycles. The first-order valence-electron chi connectivity index (χ1n) is 17.0. The Kier molecular flexibility index (Phi) is 9.47. The second-order valence-electron chi connectivity index (χ2n) is 13.1. The highest BCUT2D eigenvalue weighted by Crippen LogP contribution is 2.29. The molecule has 0 radical (unpaired) electrons. The smallest absolute Gasteiger partial charge is 0.247 e. The molecule has 2 saturated heterocycles. The van der Waals surface area contributed by atoms with E-state index >= 15 is 0 Å². The van der Waals surface area contributed by atoms with E-state index in [0.29, 0.717) is 60.3 Å². The highest BCUT2D eigenvalue weighted by molar-refractivity contribution is 5.98. The fraction of sp³-hybridized carbons (Fsp3) is 0.324. The van der Waals surface area contributed by atoms with Crippen LogP contribution in [0, 0.1) is 0 Å². The number of imidazole rings is 2. The lowest BCUT2D eigenvalue weighted by molar-refractivity contribution is -0.136. The maximum absolute atomic E-state index is 13.2. The average Bonchev–Trinajstić information content (AvgIpc) is 3.96. The van der Waals surface area contributed by atoms with E-state index in [9.17, 15) is 19.2 Å². The zero-order valence-electron chi connectivity index (χ0n) is 28.5. The molecular weight excluding hydrogens is 650 g/mol. The second-order valence-corrected chi connectivity index (χ2v) is 13.1. The Balaban J connectivity index is 0.926. The van der Waals surface area contributed by atoms with Gasteiger partial charge in [0, 0.05) is 62.1 Å². The maximum atomic E-state index is 13.2. The van der Waals surface area contributed by atoms with Crippen molar-refractivity contribution in [3.63, 3.8) is 0 Å². The minimum atomic E-state index is -0.529. The van der Waals surface area contributed by atoms with Gasteiger partial charge in [-0.05, 0) is 74.2 Å². The topological polar surface area (TPSA) is 160 Å². The minimum Gasteiger partial charge on any atom is -0.436 e. The van der Waals surface area contributed by atoms with Crippen LogP contribution in [-0.4, -0.2) is 82.7 Å². The van der Waals surface area contributed by atoms with Gasteiger partial charge in [0.15, 0.2) is 5.76 Å². The summed E-state index contributed by atoms with van der Waals surface area (Å²) in [6.07, 6.45) is 11.6. The predicted molar refractivity (Wildman–Crippen MR) is 188 cm³/mol. The van der Waals surface area contributed by atoms with Crippen LogP contribution in [0.15, 0.2) is 84.2 Å². The number of benzene rings is 2. The van der Waals surface area contributed by atoms with Crippen LogP contribution < -0.4 is 10.6 Å². The molecule has 262 valence electrons. The lowest BCUT2D eigenvalue weighted by Crippen LogP contribution is -2.43. The first-order valence-corrected chi connectivity index (χ1v) is 17.0. The van der Waals surface area contributed by atoms with Gasteiger partial charge in [-0.1, -0.05) is 0 Å². The standard InChI is InChI=1S/C37H39N9O5/c1-43-20-28(39-22-43)17-33(47)45-15-3-5-30(45)35(49)41-26-11-7-24(8-12-26)32-19-38-37(51-32)25-9-13-27(14-10-25)42-36(50)31-6-4-16-46(31)34(48)18-29-21-44(2)23-40-29/h7-14,19-23,30-31H,3-6,15-18H2,1-2H3,(H,41,49)(H,42,50)/t30-,31-/m0/s1. The van der Waals surface area contributed by atoms with Crippen LogP contribution in [-0.2, 0) is 46.1 Å². The van der Waals surface area contributed by atoms with Crippen LogP contribution in [0.1, 0.15) is 37.1 Å². The molecule has 14 nitrogen and oxygen atoms in total. The van der Waals surface area contributed by atoms with Gasteiger partial charge in [0.25, 0.3) is 0 Å². The second kappa shape index (κ2) is 14.4. The van der Waals surface area contributed by atoms with Crippen LogP contribution in [0.25, 0.3) is 22.8 Å². The van der Waals surface area contributed by atoms with Crippen molar-refractivity contribution in [3.8, 4) is 22.8 Å². The Morgan fingerprint density at radius 2 is 1.16 bits per heavy atom. The summed E-state index contributed by atoms with van der Waals surface area (Å²) in [5.41, 5.74) is 4.09. The molecule has 2 fully saturated rings. The van der Waals surface area contributed by atoms with Crippen molar-refractivity contribution >= 4 is 35.0 Å². The molecule has 0 saturated carbocycles. The number of carbonyl (C=O) groups excluding carboxylic acids is 4. The number of amides is 4. The van der Waals surface area contributed by atoms with Crippen molar-refractivity contribution in [3.05, 3.63) is 91.2 Å². The summed E-state index contributed by atoms with van der Waals surface area (Å²) < 4.78 is 9.64. The predicted octanol–water partition coefficient (Wildman–Crippen LogP) is 3.82. The molecule has 5 aromatic rings. The van der Waals surface area contributed by atoms with E-state index in [2.05, 4.69) is 25.6 Å². The zero-order valence-corrected chi connectivity index (χ0v) is 28.5. The molecule has 0 unspecified atom stereocenters. The van der Waals surface area contributed by atoms with Gasteiger partial charge < -0.3 is 34.0 Å². The molecule has 4 amide bonds. The van der Waals surface area contributed by atoms with Crippen molar-refractivity contribution in [1.82, 2.24) is 33.9 Å². The van der Waals surface area contributed by atoms with Crippen molar-refractivity contribution in [2.24, 2.45) is 14.1 Å². The van der Waals surface area contributed by atoms with Gasteiger partial charge in [-0.25, -0.2) is 15.0 Å². The summed E-state index contributed by atoms with van der Waals surface area (Å²) in [7, 11) is 3.70. The van der Waals surface area contributed by atoms with Crippen LogP contribution in [0.3, 0.4) is 0 Å². The van der Waals surface area contributed by atoms with Gasteiger partial charge >= 0.3 is 0 Å². The molecule has 3 aromatic heterocycles. The molecule has 2 N–H and O–H groups in total. The fourth-order valence-corrected chi connectivity index (χ4v) is 6.71. The first-order chi connectivity index (χ1) is 24.7. The van der Waals surface area contributed by atoms with Crippen LogP contribution in [0.2, 0.25) is 0 Å². The number of aromatic nitrogens is 5. The Bertz CT molecular complexity index is 1900. The highest BCUT2D eigenvalue weighted by Gasteiger charge is 2.35. The molecule has 2 aliphatic heterocycles. The Morgan fingerprint density at radius 1 is 0.686 bits per heavy atom. The normalized spacial score (nSPS) is 17.1. The van der Waals surface area contributed by atoms with Crippen molar-refractivity contribution in [1.29, 1.82) is 0 Å². The third-order valence-electron chi connectivity index (χ3n) is 9.28. The van der Waals surface area contributed by atoms with Gasteiger partial charge in [0.1, 0.15) is 12.1 Å². The Hall–Kier alpha value is -6.05. The van der Waals surface area contributed by atoms with Gasteiger partial charge in [-0.2, -0.15) is 0 Å². The molecule has 0 spiro atoms. The van der Waals surface area contributed by atoms with E-state index in [1.54, 1.807) is 62.1 Å². The number of likely N-dealkylation sites (tertiary alicyclic amines) is 2. The summed E-state index contributed by atoms with van der Waals surface area (Å²) in [5, 5.41) is 5.89. The van der Waals surface area contributed by atoms with E-state index in [4.69, 9.17) is 4.42 Å². The summed E-state index contributed by atoms with van der Waals surface area (Å²) in [5.74, 6) is 0.317. The number of oxazole rings is 1. The summed E-state index contributed by atoms with van der Waals surface area (Å²) in [6.45, 7) is 1.09. The van der Waals surface area contributed by atoms with E-state index in [1.807, 2.05) is 50.8 Å². The summed E-state index contributed by atoms with van der Waals surface area (Å²) >= 11 is 0. The molecule has 0 aliphatic carbocycles. The van der Waals surface area contributed by atoms with Gasteiger partial charge in [-0.15, -0.1) is 0 Å². The lowest BCUT2D eigenvalue weighted by atomic mass is 10.1. The van der Waals surface area contributed by atoms with Gasteiger partial charge in [0.2, 0.25) is 29.5 Å². The Morgan fingerprint density at radius 3 is 1.61 bits per heavy atom. The van der Waals surface area contributed by atoms with Crippen LogP contribution in [0.4, 0.5) is 11.4 Å². The molecule has 51 heavy (non-hydrogen) atoms. The molecule has 7 rings (SSSR count). The molecule has 5 heterocycles. The summed E-state index contributed by atoms with van der Waals surface area (Å²) in [6, 6.07) is 13.4. The number of hydrogen-bond donors (Lipinski definition) is 2. The van der Waals surface area contributed by atoms with Crippen molar-refractivity contribution < 1.29 is 23.6 Å². The first kappa shape index (κ1) is 33.4. The molecule has 14 heteroatoms. The summed E-state index contributed by atoms with van der Waals surface area (Å²) in [4.78, 5) is 68.4. The highest BCUT2D eigenvalue weighted by atomic mass is 16.4. The van der Waals surface area contributed by atoms with Gasteiger partial charge in [-0.3, -0.25) is 19.2 Å². The molecule has 0 bridgehead atoms. The molecule has 2 atom stereocenters. The van der Waals surface area contributed by atoms with E-state index in [0.717, 1.165) is 24.0 Å². The van der Waals surface area contributed by atoms with E-state index in [-0.39, 0.29) is 36.5 Å².